The number of benzene rings is 1. The second-order valence-corrected chi connectivity index (χ2v) is 5.17. The lowest BCUT2D eigenvalue weighted by molar-refractivity contribution is -0.128. The zero-order valence-electron chi connectivity index (χ0n) is 11.9. The van der Waals surface area contributed by atoms with Gasteiger partial charge in [-0.05, 0) is 25.3 Å². The van der Waals surface area contributed by atoms with E-state index in [1.807, 2.05) is 44.2 Å². The third-order valence-corrected chi connectivity index (χ3v) is 3.88. The zero-order valence-corrected chi connectivity index (χ0v) is 11.9. The van der Waals surface area contributed by atoms with E-state index in [9.17, 15) is 9.90 Å². The van der Waals surface area contributed by atoms with Crippen molar-refractivity contribution in [1.29, 1.82) is 0 Å². The summed E-state index contributed by atoms with van der Waals surface area (Å²) < 4.78 is 0. The molecule has 0 bridgehead atoms. The van der Waals surface area contributed by atoms with E-state index in [1.54, 1.807) is 6.92 Å². The second-order valence-electron chi connectivity index (χ2n) is 5.17. The third kappa shape index (κ3) is 3.33. The van der Waals surface area contributed by atoms with E-state index in [1.165, 1.54) is 0 Å². The Morgan fingerprint density at radius 2 is 1.79 bits per heavy atom. The lowest BCUT2D eigenvalue weighted by Gasteiger charge is -2.35. The van der Waals surface area contributed by atoms with Crippen molar-refractivity contribution in [3.63, 3.8) is 0 Å². The van der Waals surface area contributed by atoms with Crippen LogP contribution in [0.25, 0.3) is 0 Å². The van der Waals surface area contributed by atoms with Crippen LogP contribution in [0.1, 0.15) is 39.2 Å². The minimum Gasteiger partial charge on any atom is -0.394 e. The van der Waals surface area contributed by atoms with Gasteiger partial charge in [-0.1, -0.05) is 44.2 Å². The van der Waals surface area contributed by atoms with Gasteiger partial charge in [0, 0.05) is 0 Å². The van der Waals surface area contributed by atoms with Crippen LogP contribution in [-0.4, -0.2) is 23.2 Å². The minimum absolute atomic E-state index is 0.0867. The molecule has 1 rings (SSSR count). The van der Waals surface area contributed by atoms with Crippen molar-refractivity contribution in [2.75, 3.05) is 6.61 Å². The fraction of sp³-hybridized carbons (Fsp3) is 0.533. The molecule has 0 aliphatic rings. The number of rotatable bonds is 6. The third-order valence-electron chi connectivity index (χ3n) is 3.88. The topological polar surface area (TPSA) is 75.3 Å². The molecule has 0 aliphatic heterocycles. The van der Waals surface area contributed by atoms with Gasteiger partial charge in [-0.15, -0.1) is 0 Å². The first-order valence-corrected chi connectivity index (χ1v) is 6.69. The highest BCUT2D eigenvalue weighted by Crippen LogP contribution is 2.21. The normalized spacial score (nSPS) is 14.8. The van der Waals surface area contributed by atoms with Crippen LogP contribution in [0.4, 0.5) is 0 Å². The van der Waals surface area contributed by atoms with Gasteiger partial charge in [0.15, 0.2) is 0 Å². The average Bonchev–Trinajstić information content (AvgIpc) is 2.45. The largest absolute Gasteiger partial charge is 0.394 e. The maximum absolute atomic E-state index is 12.4. The van der Waals surface area contributed by atoms with Gasteiger partial charge in [0.05, 0.1) is 12.1 Å². The summed E-state index contributed by atoms with van der Waals surface area (Å²) in [5.41, 5.74) is 5.22. The van der Waals surface area contributed by atoms with Gasteiger partial charge in [0.2, 0.25) is 5.91 Å². The molecular weight excluding hydrogens is 240 g/mol. The predicted molar refractivity (Wildman–Crippen MR) is 76.5 cm³/mol. The number of amides is 1. The standard InChI is InChI=1S/C15H24N2O2/c1-4-15(5-2,11-18)17-13(19)14(3,16)12-9-7-6-8-10-12/h6-10,18H,4-5,11,16H2,1-3H3,(H,17,19). The Morgan fingerprint density at radius 1 is 1.26 bits per heavy atom. The highest BCUT2D eigenvalue weighted by Gasteiger charge is 2.36. The number of aliphatic hydroxyl groups excluding tert-OH is 1. The van der Waals surface area contributed by atoms with Crippen molar-refractivity contribution in [3.05, 3.63) is 35.9 Å². The lowest BCUT2D eigenvalue weighted by atomic mass is 9.88. The molecule has 0 saturated carbocycles. The molecule has 1 amide bonds. The van der Waals surface area contributed by atoms with Gasteiger partial charge in [-0.2, -0.15) is 0 Å². The fourth-order valence-electron chi connectivity index (χ4n) is 1.98. The number of hydrogen-bond donors (Lipinski definition) is 3. The van der Waals surface area contributed by atoms with E-state index in [0.29, 0.717) is 12.8 Å². The maximum Gasteiger partial charge on any atom is 0.244 e. The summed E-state index contributed by atoms with van der Waals surface area (Å²) in [4.78, 5) is 12.4. The molecule has 106 valence electrons. The number of aliphatic hydroxyl groups is 1. The summed E-state index contributed by atoms with van der Waals surface area (Å²) in [6.45, 7) is 5.48. The van der Waals surface area contributed by atoms with Crippen molar-refractivity contribution in [2.24, 2.45) is 5.73 Å². The Bertz CT molecular complexity index is 403. The first-order valence-electron chi connectivity index (χ1n) is 6.69. The molecule has 0 radical (unpaired) electrons. The molecule has 0 fully saturated rings. The fourth-order valence-corrected chi connectivity index (χ4v) is 1.98. The van der Waals surface area contributed by atoms with E-state index in [4.69, 9.17) is 5.73 Å². The van der Waals surface area contributed by atoms with Crippen LogP contribution >= 0.6 is 0 Å². The highest BCUT2D eigenvalue weighted by molar-refractivity contribution is 5.87. The number of nitrogens with two attached hydrogens (primary N) is 1. The number of carbonyl (C=O) groups is 1. The molecule has 19 heavy (non-hydrogen) atoms. The van der Waals surface area contributed by atoms with E-state index < -0.39 is 11.1 Å². The molecule has 0 heterocycles. The Kier molecular flexibility index (Phi) is 5.09. The summed E-state index contributed by atoms with van der Waals surface area (Å²) in [6, 6.07) is 9.25. The van der Waals surface area contributed by atoms with Crippen LogP contribution in [0.15, 0.2) is 30.3 Å². The highest BCUT2D eigenvalue weighted by atomic mass is 16.3. The van der Waals surface area contributed by atoms with Crippen LogP contribution in [0.2, 0.25) is 0 Å². The van der Waals surface area contributed by atoms with Crippen LogP contribution < -0.4 is 11.1 Å². The molecule has 1 atom stereocenters. The van der Waals surface area contributed by atoms with Crippen molar-refractivity contribution >= 4 is 5.91 Å². The molecule has 1 unspecified atom stereocenters. The SMILES string of the molecule is CCC(CC)(CO)NC(=O)C(C)(N)c1ccccc1. The molecule has 0 aromatic heterocycles. The molecule has 1 aromatic rings. The Labute approximate surface area is 115 Å². The van der Waals surface area contributed by atoms with Crippen LogP contribution in [0.3, 0.4) is 0 Å². The van der Waals surface area contributed by atoms with Gasteiger partial charge >= 0.3 is 0 Å². The summed E-state index contributed by atoms with van der Waals surface area (Å²) >= 11 is 0. The van der Waals surface area contributed by atoms with Gasteiger partial charge in [-0.3, -0.25) is 4.79 Å². The van der Waals surface area contributed by atoms with Crippen molar-refractivity contribution in [2.45, 2.75) is 44.7 Å². The number of carbonyl (C=O) groups excluding carboxylic acids is 1. The maximum atomic E-state index is 12.4. The average molecular weight is 264 g/mol. The van der Waals surface area contributed by atoms with Crippen molar-refractivity contribution < 1.29 is 9.90 Å². The van der Waals surface area contributed by atoms with Crippen LogP contribution in [0, 0.1) is 0 Å². The van der Waals surface area contributed by atoms with Crippen LogP contribution in [0.5, 0.6) is 0 Å². The Hall–Kier alpha value is -1.39. The van der Waals surface area contributed by atoms with Crippen molar-refractivity contribution in [3.8, 4) is 0 Å². The first-order chi connectivity index (χ1) is 8.91. The monoisotopic (exact) mass is 264 g/mol. The Balaban J connectivity index is 2.94. The number of hydrogen-bond acceptors (Lipinski definition) is 3. The molecular formula is C15H24N2O2. The smallest absolute Gasteiger partial charge is 0.244 e. The zero-order chi connectivity index (χ0) is 14.5. The molecule has 0 saturated heterocycles. The van der Waals surface area contributed by atoms with Gasteiger partial charge in [-0.25, -0.2) is 0 Å². The quantitative estimate of drug-likeness (QED) is 0.729. The number of nitrogens with one attached hydrogen (secondary N) is 1. The summed E-state index contributed by atoms with van der Waals surface area (Å²) in [7, 11) is 0. The van der Waals surface area contributed by atoms with Crippen LogP contribution in [-0.2, 0) is 10.3 Å². The molecule has 0 aliphatic carbocycles. The van der Waals surface area contributed by atoms with E-state index >= 15 is 0 Å². The summed E-state index contributed by atoms with van der Waals surface area (Å²) in [5, 5.41) is 12.4. The molecule has 4 N–H and O–H groups in total. The van der Waals surface area contributed by atoms with E-state index in [-0.39, 0.29) is 12.5 Å². The van der Waals surface area contributed by atoms with Gasteiger partial charge in [0.1, 0.15) is 5.54 Å². The lowest BCUT2D eigenvalue weighted by Crippen LogP contribution is -2.58. The van der Waals surface area contributed by atoms with E-state index in [2.05, 4.69) is 5.32 Å². The van der Waals surface area contributed by atoms with E-state index in [0.717, 1.165) is 5.56 Å². The van der Waals surface area contributed by atoms with Gasteiger partial charge in [0.25, 0.3) is 0 Å². The summed E-state index contributed by atoms with van der Waals surface area (Å²) in [5.74, 6) is -0.267. The summed E-state index contributed by atoms with van der Waals surface area (Å²) in [6.07, 6.45) is 1.33. The minimum atomic E-state index is -1.11. The molecule has 4 nitrogen and oxygen atoms in total. The van der Waals surface area contributed by atoms with Crippen molar-refractivity contribution in [1.82, 2.24) is 5.32 Å². The predicted octanol–water partition coefficient (Wildman–Crippen LogP) is 1.53. The van der Waals surface area contributed by atoms with Gasteiger partial charge < -0.3 is 16.2 Å². The Morgan fingerprint density at radius 3 is 2.21 bits per heavy atom. The molecule has 4 heteroatoms. The second kappa shape index (κ2) is 6.17. The first kappa shape index (κ1) is 15.7. The molecule has 0 spiro atoms. The molecule has 1 aromatic carbocycles.